The maximum absolute atomic E-state index is 12.0. The zero-order valence-electron chi connectivity index (χ0n) is 14.2. The quantitative estimate of drug-likeness (QED) is 0.506. The lowest BCUT2D eigenvalue weighted by atomic mass is 10.1. The molecule has 0 saturated carbocycles. The first-order valence-electron chi connectivity index (χ1n) is 7.97. The van der Waals surface area contributed by atoms with Gasteiger partial charge < -0.3 is 9.84 Å². The number of hydrogen-bond donors (Lipinski definition) is 2. The molecule has 0 unspecified atom stereocenters. The predicted octanol–water partition coefficient (Wildman–Crippen LogP) is 3.52. The van der Waals surface area contributed by atoms with Gasteiger partial charge in [-0.3, -0.25) is 9.59 Å². The van der Waals surface area contributed by atoms with E-state index in [1.165, 1.54) is 0 Å². The van der Waals surface area contributed by atoms with Gasteiger partial charge in [0.25, 0.3) is 5.91 Å². The van der Waals surface area contributed by atoms with Crippen LogP contribution in [0.4, 0.5) is 0 Å². The molecule has 2 N–H and O–H groups in total. The second kappa shape index (κ2) is 9.72. The summed E-state index contributed by atoms with van der Waals surface area (Å²) in [4.78, 5) is 22.8. The Morgan fingerprint density at radius 2 is 1.88 bits per heavy atom. The Kier molecular flexibility index (Phi) is 7.35. The molecule has 0 atom stereocenters. The van der Waals surface area contributed by atoms with Crippen LogP contribution in [0.2, 0.25) is 0 Å². The minimum atomic E-state index is -0.922. The first-order chi connectivity index (χ1) is 12.5. The number of carboxylic acid groups (broad SMARTS) is 1. The van der Waals surface area contributed by atoms with Crippen LogP contribution in [0.3, 0.4) is 0 Å². The number of nitrogens with one attached hydrogen (secondary N) is 1. The molecule has 0 spiro atoms. The number of benzene rings is 2. The number of ether oxygens (including phenoxy) is 1. The van der Waals surface area contributed by atoms with E-state index >= 15 is 0 Å². The van der Waals surface area contributed by atoms with Gasteiger partial charge in [-0.15, -0.1) is 0 Å². The molecule has 0 aromatic heterocycles. The Bertz CT molecular complexity index is 806. The highest BCUT2D eigenvalue weighted by atomic mass is 79.9. The van der Waals surface area contributed by atoms with Gasteiger partial charge in [-0.2, -0.15) is 5.10 Å². The molecule has 26 heavy (non-hydrogen) atoms. The van der Waals surface area contributed by atoms with Crippen LogP contribution >= 0.6 is 15.9 Å². The number of rotatable bonds is 8. The van der Waals surface area contributed by atoms with Crippen molar-refractivity contribution >= 4 is 33.5 Å². The summed E-state index contributed by atoms with van der Waals surface area (Å²) in [6.07, 6.45) is 0.144. The highest BCUT2D eigenvalue weighted by Crippen LogP contribution is 2.21. The topological polar surface area (TPSA) is 88.0 Å². The van der Waals surface area contributed by atoms with Crippen LogP contribution in [0.1, 0.15) is 24.0 Å². The standard InChI is InChI=1S/C19H19BrN2O4/c1-13-11-15(7-8-16(13)20)26-12-18(23)22-21-17(9-10-19(24)25)14-5-3-2-4-6-14/h2-8,11H,9-10,12H2,1H3,(H,22,23)(H,24,25)/b21-17-. The molecule has 2 rings (SSSR count). The van der Waals surface area contributed by atoms with E-state index in [0.29, 0.717) is 11.5 Å². The van der Waals surface area contributed by atoms with E-state index in [-0.39, 0.29) is 19.4 Å². The molecule has 0 aliphatic carbocycles. The Morgan fingerprint density at radius 1 is 1.15 bits per heavy atom. The summed E-state index contributed by atoms with van der Waals surface area (Å²) in [6, 6.07) is 14.6. The fourth-order valence-corrected chi connectivity index (χ4v) is 2.39. The summed E-state index contributed by atoms with van der Waals surface area (Å²) in [7, 11) is 0. The molecule has 6 nitrogen and oxygen atoms in total. The molecule has 2 aromatic carbocycles. The highest BCUT2D eigenvalue weighted by Gasteiger charge is 2.09. The molecule has 0 radical (unpaired) electrons. The average molecular weight is 419 g/mol. The van der Waals surface area contributed by atoms with Gasteiger partial charge in [0.05, 0.1) is 12.1 Å². The van der Waals surface area contributed by atoms with Crippen molar-refractivity contribution in [1.29, 1.82) is 0 Å². The number of carbonyl (C=O) groups is 2. The molecule has 0 aliphatic heterocycles. The first-order valence-corrected chi connectivity index (χ1v) is 8.76. The molecule has 2 aromatic rings. The summed E-state index contributed by atoms with van der Waals surface area (Å²) >= 11 is 3.40. The van der Waals surface area contributed by atoms with Crippen LogP contribution in [0.15, 0.2) is 58.1 Å². The fourth-order valence-electron chi connectivity index (χ4n) is 2.14. The second-order valence-electron chi connectivity index (χ2n) is 5.55. The molecular weight excluding hydrogens is 400 g/mol. The highest BCUT2D eigenvalue weighted by molar-refractivity contribution is 9.10. The monoisotopic (exact) mass is 418 g/mol. The number of nitrogens with zero attached hydrogens (tertiary/aromatic N) is 1. The Labute approximate surface area is 160 Å². The minimum Gasteiger partial charge on any atom is -0.484 e. The maximum atomic E-state index is 12.0. The zero-order valence-corrected chi connectivity index (χ0v) is 15.8. The van der Waals surface area contributed by atoms with Crippen LogP contribution in [0.25, 0.3) is 0 Å². The van der Waals surface area contributed by atoms with E-state index in [1.807, 2.05) is 49.4 Å². The Morgan fingerprint density at radius 3 is 2.54 bits per heavy atom. The van der Waals surface area contributed by atoms with Crippen molar-refractivity contribution in [3.8, 4) is 5.75 Å². The largest absolute Gasteiger partial charge is 0.484 e. The van der Waals surface area contributed by atoms with Gasteiger partial charge in [-0.05, 0) is 36.2 Å². The van der Waals surface area contributed by atoms with Crippen molar-refractivity contribution in [2.24, 2.45) is 5.10 Å². The van der Waals surface area contributed by atoms with E-state index in [1.54, 1.807) is 6.07 Å². The number of carbonyl (C=O) groups excluding carboxylic acids is 1. The van der Waals surface area contributed by atoms with Crippen molar-refractivity contribution in [3.63, 3.8) is 0 Å². The molecule has 0 saturated heterocycles. The van der Waals surface area contributed by atoms with Gasteiger partial charge >= 0.3 is 5.97 Å². The second-order valence-corrected chi connectivity index (χ2v) is 6.41. The van der Waals surface area contributed by atoms with Crippen molar-refractivity contribution in [3.05, 3.63) is 64.1 Å². The molecule has 0 heterocycles. The lowest BCUT2D eigenvalue weighted by Crippen LogP contribution is -2.26. The third-order valence-electron chi connectivity index (χ3n) is 3.50. The van der Waals surface area contributed by atoms with E-state index in [9.17, 15) is 9.59 Å². The molecule has 0 aliphatic rings. The molecular formula is C19H19BrN2O4. The van der Waals surface area contributed by atoms with Crippen LogP contribution in [0, 0.1) is 6.92 Å². The van der Waals surface area contributed by atoms with Gasteiger partial charge in [0.2, 0.25) is 0 Å². The van der Waals surface area contributed by atoms with Crippen LogP contribution in [-0.4, -0.2) is 29.3 Å². The number of aliphatic carboxylic acids is 1. The lowest BCUT2D eigenvalue weighted by Gasteiger charge is -2.08. The Balaban J connectivity index is 1.97. The molecule has 1 amide bonds. The fraction of sp³-hybridized carbons (Fsp3) is 0.211. The van der Waals surface area contributed by atoms with Crippen molar-refractivity contribution in [2.45, 2.75) is 19.8 Å². The first kappa shape index (κ1) is 19.7. The van der Waals surface area contributed by atoms with Gasteiger partial charge in [0.1, 0.15) is 5.75 Å². The average Bonchev–Trinajstić information content (AvgIpc) is 2.63. The van der Waals surface area contributed by atoms with E-state index < -0.39 is 11.9 Å². The third-order valence-corrected chi connectivity index (χ3v) is 4.39. The number of carboxylic acids is 1. The number of aryl methyl sites for hydroxylation is 1. The SMILES string of the molecule is Cc1cc(OCC(=O)N/N=C(/CCC(=O)O)c2ccccc2)ccc1Br. The third kappa shape index (κ3) is 6.33. The van der Waals surface area contributed by atoms with Gasteiger partial charge in [-0.1, -0.05) is 46.3 Å². The molecule has 7 heteroatoms. The van der Waals surface area contributed by atoms with Gasteiger partial charge in [-0.25, -0.2) is 5.43 Å². The predicted molar refractivity (Wildman–Crippen MR) is 102 cm³/mol. The summed E-state index contributed by atoms with van der Waals surface area (Å²) in [5, 5.41) is 12.9. The minimum absolute atomic E-state index is 0.0712. The number of hydrogen-bond acceptors (Lipinski definition) is 4. The Hall–Kier alpha value is -2.67. The zero-order chi connectivity index (χ0) is 18.9. The summed E-state index contributed by atoms with van der Waals surface area (Å²) < 4.78 is 6.41. The lowest BCUT2D eigenvalue weighted by molar-refractivity contribution is -0.136. The van der Waals surface area contributed by atoms with Gasteiger partial charge in [0.15, 0.2) is 6.61 Å². The van der Waals surface area contributed by atoms with E-state index in [2.05, 4.69) is 26.5 Å². The van der Waals surface area contributed by atoms with Crippen molar-refractivity contribution in [2.75, 3.05) is 6.61 Å². The number of amides is 1. The maximum Gasteiger partial charge on any atom is 0.303 e. The smallest absolute Gasteiger partial charge is 0.303 e. The van der Waals surface area contributed by atoms with Crippen LogP contribution in [-0.2, 0) is 9.59 Å². The molecule has 0 fully saturated rings. The number of halogens is 1. The van der Waals surface area contributed by atoms with E-state index in [0.717, 1.165) is 15.6 Å². The van der Waals surface area contributed by atoms with Crippen LogP contribution in [0.5, 0.6) is 5.75 Å². The van der Waals surface area contributed by atoms with Crippen LogP contribution < -0.4 is 10.2 Å². The van der Waals surface area contributed by atoms with Gasteiger partial charge in [0, 0.05) is 10.9 Å². The summed E-state index contributed by atoms with van der Waals surface area (Å²) in [5.74, 6) is -0.762. The summed E-state index contributed by atoms with van der Waals surface area (Å²) in [5.41, 5.74) is 4.69. The normalized spacial score (nSPS) is 11.1. The molecule has 0 bridgehead atoms. The van der Waals surface area contributed by atoms with Crippen molar-refractivity contribution in [1.82, 2.24) is 5.43 Å². The summed E-state index contributed by atoms with van der Waals surface area (Å²) in [6.45, 7) is 1.74. The van der Waals surface area contributed by atoms with E-state index in [4.69, 9.17) is 9.84 Å². The van der Waals surface area contributed by atoms with Crippen molar-refractivity contribution < 1.29 is 19.4 Å². The number of hydrazone groups is 1. The molecule has 136 valence electrons.